The molecule has 0 aliphatic carbocycles. The van der Waals surface area contributed by atoms with Gasteiger partial charge in [-0.05, 0) is 53.9 Å². The standard InChI is InChI=1S/C23H21NO3/c1-14(23(25)27-3)16-6-10-19-20-12-17(7-11-21(20)24-22(19)13-16)15-4-8-18(26-2)9-5-15/h4-14,24H,1-3H3. The van der Waals surface area contributed by atoms with Gasteiger partial charge >= 0.3 is 5.97 Å². The van der Waals surface area contributed by atoms with Crippen LogP contribution in [0.3, 0.4) is 0 Å². The summed E-state index contributed by atoms with van der Waals surface area (Å²) >= 11 is 0. The first kappa shape index (κ1) is 17.2. The quantitative estimate of drug-likeness (QED) is 0.505. The second kappa shape index (κ2) is 6.80. The van der Waals surface area contributed by atoms with Crippen molar-refractivity contribution in [3.05, 3.63) is 66.2 Å². The van der Waals surface area contributed by atoms with Crippen LogP contribution in [-0.2, 0) is 9.53 Å². The molecule has 1 aromatic heterocycles. The normalized spacial score (nSPS) is 12.3. The molecule has 0 aliphatic heterocycles. The summed E-state index contributed by atoms with van der Waals surface area (Å²) in [6.07, 6.45) is 0. The lowest BCUT2D eigenvalue weighted by Gasteiger charge is -2.09. The SMILES string of the molecule is COC(=O)C(C)c1ccc2c(c1)[nH]c1ccc(-c3ccc(OC)cc3)cc12. The average molecular weight is 359 g/mol. The van der Waals surface area contributed by atoms with Gasteiger partial charge in [0.05, 0.1) is 20.1 Å². The summed E-state index contributed by atoms with van der Waals surface area (Å²) in [4.78, 5) is 15.3. The number of methoxy groups -OCH3 is 2. The number of benzene rings is 3. The lowest BCUT2D eigenvalue weighted by Crippen LogP contribution is -2.10. The van der Waals surface area contributed by atoms with Gasteiger partial charge in [-0.15, -0.1) is 0 Å². The van der Waals surface area contributed by atoms with E-state index in [1.807, 2.05) is 31.2 Å². The molecule has 0 fully saturated rings. The Labute approximate surface area is 157 Å². The predicted molar refractivity (Wildman–Crippen MR) is 108 cm³/mol. The third-order valence-corrected chi connectivity index (χ3v) is 5.10. The van der Waals surface area contributed by atoms with E-state index < -0.39 is 0 Å². The number of nitrogens with one attached hydrogen (secondary N) is 1. The van der Waals surface area contributed by atoms with E-state index in [2.05, 4.69) is 41.4 Å². The summed E-state index contributed by atoms with van der Waals surface area (Å²) in [5, 5.41) is 2.30. The van der Waals surface area contributed by atoms with E-state index in [9.17, 15) is 4.79 Å². The molecule has 0 saturated heterocycles. The smallest absolute Gasteiger partial charge is 0.312 e. The number of aromatic amines is 1. The molecule has 1 heterocycles. The van der Waals surface area contributed by atoms with E-state index in [4.69, 9.17) is 9.47 Å². The minimum absolute atomic E-state index is 0.229. The number of carbonyl (C=O) groups excluding carboxylic acids is 1. The molecule has 27 heavy (non-hydrogen) atoms. The van der Waals surface area contributed by atoms with Crippen LogP contribution in [-0.4, -0.2) is 25.2 Å². The molecule has 0 aliphatic rings. The molecule has 0 amide bonds. The van der Waals surface area contributed by atoms with Crippen molar-refractivity contribution in [3.63, 3.8) is 0 Å². The fourth-order valence-corrected chi connectivity index (χ4v) is 3.47. The van der Waals surface area contributed by atoms with Crippen LogP contribution in [0, 0.1) is 0 Å². The van der Waals surface area contributed by atoms with Crippen LogP contribution in [0.25, 0.3) is 32.9 Å². The summed E-state index contributed by atoms with van der Waals surface area (Å²) in [6, 6.07) is 20.6. The van der Waals surface area contributed by atoms with E-state index in [0.717, 1.165) is 44.2 Å². The fourth-order valence-electron chi connectivity index (χ4n) is 3.47. The molecule has 136 valence electrons. The number of H-pyrrole nitrogens is 1. The van der Waals surface area contributed by atoms with Crippen molar-refractivity contribution in [2.75, 3.05) is 14.2 Å². The Hall–Kier alpha value is -3.27. The maximum Gasteiger partial charge on any atom is 0.312 e. The lowest BCUT2D eigenvalue weighted by molar-refractivity contribution is -0.141. The van der Waals surface area contributed by atoms with Gasteiger partial charge in [-0.1, -0.05) is 30.3 Å². The van der Waals surface area contributed by atoms with Crippen molar-refractivity contribution in [2.45, 2.75) is 12.8 Å². The van der Waals surface area contributed by atoms with Crippen LogP contribution in [0.2, 0.25) is 0 Å². The topological polar surface area (TPSA) is 51.3 Å². The van der Waals surface area contributed by atoms with E-state index in [1.165, 1.54) is 7.11 Å². The second-order valence-corrected chi connectivity index (χ2v) is 6.66. The maximum atomic E-state index is 11.8. The fraction of sp³-hybridized carbons (Fsp3) is 0.174. The van der Waals surface area contributed by atoms with Crippen LogP contribution in [0.4, 0.5) is 0 Å². The Morgan fingerprint density at radius 1 is 0.852 bits per heavy atom. The van der Waals surface area contributed by atoms with Gasteiger partial charge in [-0.25, -0.2) is 0 Å². The summed E-state index contributed by atoms with van der Waals surface area (Å²) in [5.74, 6) is 0.326. The van der Waals surface area contributed by atoms with Crippen molar-refractivity contribution in [3.8, 4) is 16.9 Å². The molecule has 3 aromatic carbocycles. The first-order valence-corrected chi connectivity index (χ1v) is 8.88. The van der Waals surface area contributed by atoms with Crippen molar-refractivity contribution in [2.24, 2.45) is 0 Å². The number of carbonyl (C=O) groups is 1. The highest BCUT2D eigenvalue weighted by Crippen LogP contribution is 2.32. The molecule has 4 aromatic rings. The summed E-state index contributed by atoms with van der Waals surface area (Å²) in [6.45, 7) is 1.86. The molecule has 1 unspecified atom stereocenters. The molecule has 0 spiro atoms. The van der Waals surface area contributed by atoms with Crippen molar-refractivity contribution >= 4 is 27.8 Å². The minimum Gasteiger partial charge on any atom is -0.497 e. The van der Waals surface area contributed by atoms with E-state index >= 15 is 0 Å². The zero-order valence-corrected chi connectivity index (χ0v) is 15.6. The number of esters is 1. The highest BCUT2D eigenvalue weighted by Gasteiger charge is 2.17. The van der Waals surface area contributed by atoms with Crippen LogP contribution < -0.4 is 4.74 Å². The van der Waals surface area contributed by atoms with E-state index in [-0.39, 0.29) is 11.9 Å². The molecule has 1 N–H and O–H groups in total. The largest absolute Gasteiger partial charge is 0.497 e. The Kier molecular flexibility index (Phi) is 4.32. The van der Waals surface area contributed by atoms with Gasteiger partial charge in [0.2, 0.25) is 0 Å². The van der Waals surface area contributed by atoms with Crippen molar-refractivity contribution < 1.29 is 14.3 Å². The van der Waals surface area contributed by atoms with Crippen LogP contribution in [0.5, 0.6) is 5.75 Å². The molecule has 4 heteroatoms. The highest BCUT2D eigenvalue weighted by atomic mass is 16.5. The molecule has 4 rings (SSSR count). The molecular formula is C23H21NO3. The minimum atomic E-state index is -0.291. The van der Waals surface area contributed by atoms with Gasteiger partial charge in [0, 0.05) is 21.8 Å². The molecule has 0 bridgehead atoms. The van der Waals surface area contributed by atoms with Crippen molar-refractivity contribution in [1.82, 2.24) is 4.98 Å². The van der Waals surface area contributed by atoms with Gasteiger partial charge in [0.1, 0.15) is 5.75 Å². The zero-order valence-electron chi connectivity index (χ0n) is 15.6. The number of ether oxygens (including phenoxy) is 2. The summed E-state index contributed by atoms with van der Waals surface area (Å²) in [7, 11) is 3.09. The van der Waals surface area contributed by atoms with Gasteiger partial charge in [0.25, 0.3) is 0 Å². The summed E-state index contributed by atoms with van der Waals surface area (Å²) in [5.41, 5.74) is 5.33. The monoisotopic (exact) mass is 359 g/mol. The second-order valence-electron chi connectivity index (χ2n) is 6.66. The maximum absolute atomic E-state index is 11.8. The van der Waals surface area contributed by atoms with Gasteiger partial charge < -0.3 is 14.5 Å². The molecule has 4 nitrogen and oxygen atoms in total. The number of hydrogen-bond acceptors (Lipinski definition) is 3. The Balaban J connectivity index is 1.78. The van der Waals surface area contributed by atoms with E-state index in [1.54, 1.807) is 7.11 Å². The van der Waals surface area contributed by atoms with Gasteiger partial charge in [0.15, 0.2) is 0 Å². The summed E-state index contributed by atoms with van der Waals surface area (Å²) < 4.78 is 10.1. The molecular weight excluding hydrogens is 338 g/mol. The van der Waals surface area contributed by atoms with E-state index in [0.29, 0.717) is 0 Å². The highest BCUT2D eigenvalue weighted by molar-refractivity contribution is 6.08. The molecule has 0 saturated carbocycles. The van der Waals surface area contributed by atoms with Crippen molar-refractivity contribution in [1.29, 1.82) is 0 Å². The average Bonchev–Trinajstić information content (AvgIpc) is 3.09. The number of hydrogen-bond donors (Lipinski definition) is 1. The number of fused-ring (bicyclic) bond motifs is 3. The Morgan fingerprint density at radius 2 is 1.59 bits per heavy atom. The Morgan fingerprint density at radius 3 is 2.30 bits per heavy atom. The van der Waals surface area contributed by atoms with Gasteiger partial charge in [-0.3, -0.25) is 4.79 Å². The zero-order chi connectivity index (χ0) is 19.0. The molecule has 0 radical (unpaired) electrons. The van der Waals surface area contributed by atoms with Gasteiger partial charge in [-0.2, -0.15) is 0 Å². The lowest BCUT2D eigenvalue weighted by atomic mass is 9.99. The third kappa shape index (κ3) is 3.04. The molecule has 1 atom stereocenters. The first-order valence-electron chi connectivity index (χ1n) is 8.88. The Bertz CT molecular complexity index is 1130. The van der Waals surface area contributed by atoms with Crippen LogP contribution in [0.15, 0.2) is 60.7 Å². The third-order valence-electron chi connectivity index (χ3n) is 5.10. The number of aromatic nitrogens is 1. The van der Waals surface area contributed by atoms with Crippen LogP contribution in [0.1, 0.15) is 18.4 Å². The first-order chi connectivity index (χ1) is 13.1. The number of rotatable bonds is 4. The predicted octanol–water partition coefficient (Wildman–Crippen LogP) is 5.27. The van der Waals surface area contributed by atoms with Crippen LogP contribution >= 0.6 is 0 Å².